The molecule has 1 saturated heterocycles. The number of nitrogens with zero attached hydrogens (tertiary/aromatic N) is 4. The second-order valence-electron chi connectivity index (χ2n) is 8.85. The van der Waals surface area contributed by atoms with E-state index in [2.05, 4.69) is 14.9 Å². The first kappa shape index (κ1) is 20.7. The van der Waals surface area contributed by atoms with Gasteiger partial charge in [0.2, 0.25) is 5.82 Å². The van der Waals surface area contributed by atoms with Gasteiger partial charge in [-0.25, -0.2) is 14.8 Å². The summed E-state index contributed by atoms with van der Waals surface area (Å²) in [6, 6.07) is 3.83. The Labute approximate surface area is 180 Å². The molecule has 2 aromatic rings. The van der Waals surface area contributed by atoms with Gasteiger partial charge in [-0.2, -0.15) is 0 Å². The van der Waals surface area contributed by atoms with Crippen LogP contribution in [0.4, 0.5) is 10.6 Å². The van der Waals surface area contributed by atoms with E-state index in [9.17, 15) is 9.59 Å². The Balaban J connectivity index is 1.64. The van der Waals surface area contributed by atoms with Crippen molar-refractivity contribution in [3.8, 4) is 0 Å². The van der Waals surface area contributed by atoms with Crippen molar-refractivity contribution in [3.63, 3.8) is 0 Å². The van der Waals surface area contributed by atoms with Gasteiger partial charge in [-0.3, -0.25) is 4.79 Å². The van der Waals surface area contributed by atoms with Crippen LogP contribution in [-0.4, -0.2) is 58.6 Å². The number of carbonyl (C=O) groups is 2. The first-order chi connectivity index (χ1) is 14.1. The minimum absolute atomic E-state index is 0.0395. The van der Waals surface area contributed by atoms with Gasteiger partial charge in [0.05, 0.1) is 5.52 Å². The maximum atomic E-state index is 12.4. The zero-order valence-corrected chi connectivity index (χ0v) is 18.2. The van der Waals surface area contributed by atoms with Gasteiger partial charge in [0.25, 0.3) is 5.91 Å². The Kier molecular flexibility index (Phi) is 5.22. The molecule has 1 aliphatic carbocycles. The average molecular weight is 432 g/mol. The summed E-state index contributed by atoms with van der Waals surface area (Å²) in [6.45, 7) is 7.66. The Bertz CT molecular complexity index is 1010. The van der Waals surface area contributed by atoms with Crippen LogP contribution in [0.25, 0.3) is 10.9 Å². The number of nitrogens with two attached hydrogens (primary N) is 1. The number of hydrogen-bond acceptors (Lipinski definition) is 6. The lowest BCUT2D eigenvalue weighted by molar-refractivity contribution is 0.0240. The normalized spacial score (nSPS) is 17.3. The molecular formula is C21H26ClN5O3. The van der Waals surface area contributed by atoms with E-state index in [1.165, 1.54) is 0 Å². The molecule has 1 aromatic heterocycles. The van der Waals surface area contributed by atoms with Crippen LogP contribution in [0, 0.1) is 0 Å². The lowest BCUT2D eigenvalue weighted by Gasteiger charge is -2.36. The Morgan fingerprint density at radius 2 is 1.80 bits per heavy atom. The first-order valence-electron chi connectivity index (χ1n) is 10.2. The number of primary amides is 1. The number of benzene rings is 1. The summed E-state index contributed by atoms with van der Waals surface area (Å²) in [7, 11) is 0. The summed E-state index contributed by atoms with van der Waals surface area (Å²) >= 11 is 6.47. The third kappa shape index (κ3) is 4.28. The molecule has 0 spiro atoms. The topological polar surface area (TPSA) is 102 Å². The number of piperazine rings is 1. The van der Waals surface area contributed by atoms with Gasteiger partial charge >= 0.3 is 6.09 Å². The number of hydrogen-bond donors (Lipinski definition) is 1. The fraction of sp³-hybridized carbons (Fsp3) is 0.524. The zero-order chi connectivity index (χ0) is 21.6. The van der Waals surface area contributed by atoms with Crippen LogP contribution in [0.2, 0.25) is 5.02 Å². The number of carbonyl (C=O) groups excluding carboxylic acids is 2. The van der Waals surface area contributed by atoms with Crippen molar-refractivity contribution in [1.82, 2.24) is 14.9 Å². The van der Waals surface area contributed by atoms with E-state index in [1.54, 1.807) is 11.0 Å². The molecule has 0 radical (unpaired) electrons. The van der Waals surface area contributed by atoms with Crippen LogP contribution in [0.15, 0.2) is 12.1 Å². The van der Waals surface area contributed by atoms with Crippen molar-refractivity contribution in [2.75, 3.05) is 31.1 Å². The van der Waals surface area contributed by atoms with Gasteiger partial charge in [-0.05, 0) is 57.2 Å². The van der Waals surface area contributed by atoms with Crippen molar-refractivity contribution in [2.24, 2.45) is 5.73 Å². The molecule has 0 atom stereocenters. The number of ether oxygens (including phenoxy) is 1. The second kappa shape index (κ2) is 7.58. The number of amides is 2. The van der Waals surface area contributed by atoms with Crippen molar-refractivity contribution >= 4 is 40.3 Å². The van der Waals surface area contributed by atoms with E-state index in [4.69, 9.17) is 22.1 Å². The zero-order valence-electron chi connectivity index (χ0n) is 17.4. The van der Waals surface area contributed by atoms with Crippen LogP contribution in [0.3, 0.4) is 0 Å². The lowest BCUT2D eigenvalue weighted by Crippen LogP contribution is -2.50. The molecule has 0 bridgehead atoms. The summed E-state index contributed by atoms with van der Waals surface area (Å²) in [6.07, 6.45) is 1.92. The molecular weight excluding hydrogens is 406 g/mol. The molecule has 1 saturated carbocycles. The van der Waals surface area contributed by atoms with Gasteiger partial charge in [-0.1, -0.05) is 11.6 Å². The third-order valence-electron chi connectivity index (χ3n) is 5.26. The maximum absolute atomic E-state index is 12.4. The SMILES string of the molecule is CC(C)(C)OC(=O)N1CCN(c2nc(C(N)=O)nc3cc(Cl)c(C4CC4)cc23)CC1. The molecule has 30 heavy (non-hydrogen) atoms. The summed E-state index contributed by atoms with van der Waals surface area (Å²) in [5.74, 6) is 0.390. The highest BCUT2D eigenvalue weighted by Gasteiger charge is 2.30. The standard InChI is InChI=1S/C21H26ClN5O3/c1-21(2,3)30-20(29)27-8-6-26(7-9-27)19-14-10-13(12-4-5-12)15(22)11-16(14)24-18(25-19)17(23)28/h10-12H,4-9H2,1-3H3,(H2,23,28). The van der Waals surface area contributed by atoms with Crippen LogP contribution >= 0.6 is 11.6 Å². The molecule has 2 amide bonds. The fourth-order valence-corrected chi connectivity index (χ4v) is 3.95. The van der Waals surface area contributed by atoms with E-state index in [1.807, 2.05) is 26.8 Å². The van der Waals surface area contributed by atoms with E-state index < -0.39 is 11.5 Å². The molecule has 0 unspecified atom stereocenters. The van der Waals surface area contributed by atoms with Gasteiger partial charge in [-0.15, -0.1) is 0 Å². The highest BCUT2D eigenvalue weighted by Crippen LogP contribution is 2.45. The Morgan fingerprint density at radius 3 is 2.37 bits per heavy atom. The Morgan fingerprint density at radius 1 is 1.13 bits per heavy atom. The minimum atomic E-state index is -0.687. The highest BCUT2D eigenvalue weighted by molar-refractivity contribution is 6.32. The molecule has 8 nitrogen and oxygen atoms in total. The van der Waals surface area contributed by atoms with E-state index in [-0.39, 0.29) is 11.9 Å². The summed E-state index contributed by atoms with van der Waals surface area (Å²) < 4.78 is 5.47. The average Bonchev–Trinajstić information content (AvgIpc) is 3.50. The molecule has 2 aliphatic rings. The highest BCUT2D eigenvalue weighted by atomic mass is 35.5. The monoisotopic (exact) mass is 431 g/mol. The van der Waals surface area contributed by atoms with Gasteiger partial charge < -0.3 is 20.3 Å². The maximum Gasteiger partial charge on any atom is 0.410 e. The molecule has 2 N–H and O–H groups in total. The fourth-order valence-electron chi connectivity index (χ4n) is 3.64. The molecule has 9 heteroatoms. The number of rotatable bonds is 3. The molecule has 1 aromatic carbocycles. The Hall–Kier alpha value is -2.61. The van der Waals surface area contributed by atoms with Crippen LogP contribution in [0.5, 0.6) is 0 Å². The smallest absolute Gasteiger partial charge is 0.410 e. The number of halogens is 1. The minimum Gasteiger partial charge on any atom is -0.444 e. The quantitative estimate of drug-likeness (QED) is 0.799. The molecule has 4 rings (SSSR count). The van der Waals surface area contributed by atoms with Crippen molar-refractivity contribution in [3.05, 3.63) is 28.5 Å². The predicted molar refractivity (Wildman–Crippen MR) is 115 cm³/mol. The predicted octanol–water partition coefficient (Wildman–Crippen LogP) is 3.32. The first-order valence-corrected chi connectivity index (χ1v) is 10.5. The van der Waals surface area contributed by atoms with Crippen LogP contribution in [-0.2, 0) is 4.74 Å². The number of anilines is 1. The largest absolute Gasteiger partial charge is 0.444 e. The van der Waals surface area contributed by atoms with Crippen LogP contribution in [0.1, 0.15) is 55.7 Å². The van der Waals surface area contributed by atoms with Crippen molar-refractivity contribution in [1.29, 1.82) is 0 Å². The second-order valence-corrected chi connectivity index (χ2v) is 9.26. The summed E-state index contributed by atoms with van der Waals surface area (Å²) in [5.41, 5.74) is 6.62. The third-order valence-corrected chi connectivity index (χ3v) is 5.59. The van der Waals surface area contributed by atoms with Gasteiger partial charge in [0.15, 0.2) is 0 Å². The van der Waals surface area contributed by atoms with E-state index >= 15 is 0 Å². The van der Waals surface area contributed by atoms with Crippen molar-refractivity contribution in [2.45, 2.75) is 45.1 Å². The number of aromatic nitrogens is 2. The molecule has 2 heterocycles. The number of fused-ring (bicyclic) bond motifs is 1. The van der Waals surface area contributed by atoms with Crippen LogP contribution < -0.4 is 10.6 Å². The molecule has 2 fully saturated rings. The van der Waals surface area contributed by atoms with Gasteiger partial charge in [0.1, 0.15) is 11.4 Å². The lowest BCUT2D eigenvalue weighted by atomic mass is 10.1. The molecule has 160 valence electrons. The van der Waals surface area contributed by atoms with E-state index in [0.29, 0.717) is 48.5 Å². The summed E-state index contributed by atoms with van der Waals surface area (Å²) in [4.78, 5) is 36.7. The summed E-state index contributed by atoms with van der Waals surface area (Å²) in [5, 5.41) is 1.50. The van der Waals surface area contributed by atoms with E-state index in [0.717, 1.165) is 23.8 Å². The van der Waals surface area contributed by atoms with Crippen molar-refractivity contribution < 1.29 is 14.3 Å². The van der Waals surface area contributed by atoms with Gasteiger partial charge in [0, 0.05) is 36.6 Å². The molecule has 1 aliphatic heterocycles.